The summed E-state index contributed by atoms with van der Waals surface area (Å²) in [5, 5.41) is 1.85. The van der Waals surface area contributed by atoms with Gasteiger partial charge in [-0.1, -0.05) is 12.2 Å². The molecule has 0 aliphatic heterocycles. The average Bonchev–Trinajstić information content (AvgIpc) is 2.52. The summed E-state index contributed by atoms with van der Waals surface area (Å²) in [6.07, 6.45) is 4.48. The molecule has 13 heavy (non-hydrogen) atoms. The predicted octanol–water partition coefficient (Wildman–Crippen LogP) is 1.45. The first-order valence-electron chi connectivity index (χ1n) is 3.71. The lowest BCUT2D eigenvalue weighted by atomic mass is 10.2. The first-order chi connectivity index (χ1) is 6.22. The van der Waals surface area contributed by atoms with Crippen molar-refractivity contribution in [2.45, 2.75) is 6.42 Å². The fourth-order valence-electron chi connectivity index (χ4n) is 0.829. The Hall–Kier alpha value is -1.42. The van der Waals surface area contributed by atoms with Gasteiger partial charge in [0.15, 0.2) is 6.29 Å². The molecule has 0 saturated carbocycles. The summed E-state index contributed by atoms with van der Waals surface area (Å²) in [6, 6.07) is 1.76. The molecule has 0 radical (unpaired) electrons. The number of hydrogen-bond acceptors (Lipinski definition) is 3. The Balaban J connectivity index is 2.58. The molecule has 4 heteroatoms. The summed E-state index contributed by atoms with van der Waals surface area (Å²) >= 11 is 1.37. The number of rotatable bonds is 4. The van der Waals surface area contributed by atoms with Crippen LogP contribution >= 0.6 is 11.3 Å². The van der Waals surface area contributed by atoms with E-state index >= 15 is 0 Å². The van der Waals surface area contributed by atoms with E-state index in [1.807, 2.05) is 5.38 Å². The highest BCUT2D eigenvalue weighted by atomic mass is 32.1. The average molecular weight is 195 g/mol. The molecule has 0 aromatic carbocycles. The Kier molecular flexibility index (Phi) is 3.40. The second-order valence-corrected chi connectivity index (χ2v) is 3.42. The fourth-order valence-corrected chi connectivity index (χ4v) is 1.51. The number of carbonyl (C=O) groups is 2. The zero-order chi connectivity index (χ0) is 9.68. The van der Waals surface area contributed by atoms with Crippen LogP contribution in [-0.2, 0) is 4.79 Å². The van der Waals surface area contributed by atoms with Crippen molar-refractivity contribution in [3.8, 4) is 0 Å². The maximum atomic E-state index is 10.4. The van der Waals surface area contributed by atoms with Crippen LogP contribution in [0.2, 0.25) is 0 Å². The van der Waals surface area contributed by atoms with Gasteiger partial charge in [-0.2, -0.15) is 0 Å². The molecule has 3 nitrogen and oxygen atoms in total. The monoisotopic (exact) mass is 195 g/mol. The number of amides is 1. The van der Waals surface area contributed by atoms with E-state index in [9.17, 15) is 9.59 Å². The van der Waals surface area contributed by atoms with E-state index in [1.54, 1.807) is 18.2 Å². The van der Waals surface area contributed by atoms with Crippen molar-refractivity contribution >= 4 is 29.6 Å². The molecule has 0 unspecified atom stereocenters. The molecule has 0 saturated heterocycles. The van der Waals surface area contributed by atoms with E-state index in [2.05, 4.69) is 0 Å². The quantitative estimate of drug-likeness (QED) is 0.739. The molecule has 0 aliphatic rings. The maximum Gasteiger partial charge on any atom is 0.221 e. The molecule has 1 rings (SSSR count). The second kappa shape index (κ2) is 4.57. The topological polar surface area (TPSA) is 60.2 Å². The van der Waals surface area contributed by atoms with Gasteiger partial charge in [0.1, 0.15) is 0 Å². The molecule has 68 valence electrons. The van der Waals surface area contributed by atoms with Crippen LogP contribution in [0.1, 0.15) is 21.7 Å². The van der Waals surface area contributed by atoms with E-state index in [1.165, 1.54) is 11.3 Å². The largest absolute Gasteiger partial charge is 0.369 e. The molecule has 2 N–H and O–H groups in total. The number of thiophene rings is 1. The molecule has 0 fully saturated rings. The van der Waals surface area contributed by atoms with Crippen LogP contribution in [-0.4, -0.2) is 12.2 Å². The minimum atomic E-state index is -0.359. The van der Waals surface area contributed by atoms with Crippen LogP contribution in [0.3, 0.4) is 0 Å². The van der Waals surface area contributed by atoms with Gasteiger partial charge in [-0.15, -0.1) is 11.3 Å². The second-order valence-electron chi connectivity index (χ2n) is 2.47. The van der Waals surface area contributed by atoms with Gasteiger partial charge in [0.25, 0.3) is 0 Å². The lowest BCUT2D eigenvalue weighted by Crippen LogP contribution is -2.07. The first kappa shape index (κ1) is 9.67. The summed E-state index contributed by atoms with van der Waals surface area (Å²) < 4.78 is 0. The number of hydrogen-bond donors (Lipinski definition) is 1. The Labute approximate surface area is 79.9 Å². The van der Waals surface area contributed by atoms with Crippen molar-refractivity contribution in [2.24, 2.45) is 5.73 Å². The van der Waals surface area contributed by atoms with Crippen molar-refractivity contribution in [3.63, 3.8) is 0 Å². The Morgan fingerprint density at radius 3 is 2.92 bits per heavy atom. The lowest BCUT2D eigenvalue weighted by Gasteiger charge is -1.84. The molecular formula is C9H9NO2S. The van der Waals surface area contributed by atoms with E-state index < -0.39 is 0 Å². The minimum absolute atomic E-state index is 0.228. The zero-order valence-electron chi connectivity index (χ0n) is 6.90. The van der Waals surface area contributed by atoms with Crippen molar-refractivity contribution in [3.05, 3.63) is 28.0 Å². The van der Waals surface area contributed by atoms with Crippen molar-refractivity contribution in [1.82, 2.24) is 0 Å². The van der Waals surface area contributed by atoms with Crippen LogP contribution in [0.5, 0.6) is 0 Å². The summed E-state index contributed by atoms with van der Waals surface area (Å²) in [4.78, 5) is 21.4. The van der Waals surface area contributed by atoms with Crippen LogP contribution in [0.4, 0.5) is 0 Å². The highest BCUT2D eigenvalue weighted by Gasteiger charge is 1.94. The van der Waals surface area contributed by atoms with Crippen LogP contribution in [0.15, 0.2) is 17.5 Å². The summed E-state index contributed by atoms with van der Waals surface area (Å²) in [5.41, 5.74) is 5.87. The van der Waals surface area contributed by atoms with E-state index in [0.29, 0.717) is 4.88 Å². The van der Waals surface area contributed by atoms with Gasteiger partial charge < -0.3 is 5.73 Å². The normalized spacial score (nSPS) is 10.5. The highest BCUT2D eigenvalue weighted by molar-refractivity contribution is 7.11. The number of nitrogens with two attached hydrogens (primary N) is 1. The summed E-state index contributed by atoms with van der Waals surface area (Å²) in [6.45, 7) is 0. The van der Waals surface area contributed by atoms with E-state index in [4.69, 9.17) is 5.73 Å². The number of carbonyl (C=O) groups excluding carboxylic acids is 2. The van der Waals surface area contributed by atoms with Gasteiger partial charge in [-0.05, 0) is 17.0 Å². The smallest absolute Gasteiger partial charge is 0.221 e. The van der Waals surface area contributed by atoms with Crippen LogP contribution in [0.25, 0.3) is 6.08 Å². The Morgan fingerprint density at radius 1 is 1.62 bits per heavy atom. The number of aldehydes is 1. The van der Waals surface area contributed by atoms with E-state index in [-0.39, 0.29) is 12.3 Å². The van der Waals surface area contributed by atoms with Gasteiger partial charge in [-0.3, -0.25) is 9.59 Å². The molecule has 1 aromatic heterocycles. The Bertz CT molecular complexity index is 341. The Morgan fingerprint density at radius 2 is 2.38 bits per heavy atom. The molecule has 0 aliphatic carbocycles. The van der Waals surface area contributed by atoms with Crippen LogP contribution < -0.4 is 5.73 Å². The summed E-state index contributed by atoms with van der Waals surface area (Å²) in [7, 11) is 0. The molecular weight excluding hydrogens is 186 g/mol. The van der Waals surface area contributed by atoms with Crippen LogP contribution in [0, 0.1) is 0 Å². The third-order valence-electron chi connectivity index (χ3n) is 1.39. The summed E-state index contributed by atoms with van der Waals surface area (Å²) in [5.74, 6) is -0.359. The van der Waals surface area contributed by atoms with Gasteiger partial charge in [-0.25, -0.2) is 0 Å². The lowest BCUT2D eigenvalue weighted by molar-refractivity contribution is -0.117. The maximum absolute atomic E-state index is 10.4. The van der Waals surface area contributed by atoms with Gasteiger partial charge in [0.2, 0.25) is 5.91 Å². The van der Waals surface area contributed by atoms with Crippen molar-refractivity contribution < 1.29 is 9.59 Å². The number of primary amides is 1. The predicted molar refractivity (Wildman–Crippen MR) is 52.6 cm³/mol. The van der Waals surface area contributed by atoms with Crippen molar-refractivity contribution in [2.75, 3.05) is 0 Å². The molecule has 0 bridgehead atoms. The van der Waals surface area contributed by atoms with Gasteiger partial charge >= 0.3 is 0 Å². The fraction of sp³-hybridized carbons (Fsp3) is 0.111. The molecule has 0 spiro atoms. The standard InChI is InChI=1S/C9H9NO2S/c10-9(12)3-1-2-7-4-8(5-11)13-6-7/h1-2,4-6H,3H2,(H2,10,12). The third kappa shape index (κ3) is 3.21. The zero-order valence-corrected chi connectivity index (χ0v) is 7.71. The van der Waals surface area contributed by atoms with Crippen molar-refractivity contribution in [1.29, 1.82) is 0 Å². The van der Waals surface area contributed by atoms with Gasteiger partial charge in [0.05, 0.1) is 4.88 Å². The molecule has 1 heterocycles. The van der Waals surface area contributed by atoms with E-state index in [0.717, 1.165) is 11.8 Å². The first-order valence-corrected chi connectivity index (χ1v) is 4.59. The third-order valence-corrected chi connectivity index (χ3v) is 2.26. The SMILES string of the molecule is NC(=O)CC=Cc1csc(C=O)c1. The molecule has 1 aromatic rings. The molecule has 1 amide bonds. The van der Waals surface area contributed by atoms with Gasteiger partial charge in [0, 0.05) is 6.42 Å². The molecule has 0 atom stereocenters. The highest BCUT2D eigenvalue weighted by Crippen LogP contribution is 2.13. The minimum Gasteiger partial charge on any atom is -0.369 e.